The van der Waals surface area contributed by atoms with Crippen molar-refractivity contribution >= 4 is 0 Å². The standard InChI is InChI=1S/C8H14O/c1-4-9-7-5-6-8(2)3/h5-6H,2,4,7H2,1,3H3/b6-5+. The molecule has 0 radical (unpaired) electrons. The lowest BCUT2D eigenvalue weighted by atomic mass is 10.3. The smallest absolute Gasteiger partial charge is 0.0650 e. The first-order valence-electron chi connectivity index (χ1n) is 3.17. The summed E-state index contributed by atoms with van der Waals surface area (Å²) in [6.07, 6.45) is 3.92. The Morgan fingerprint density at radius 1 is 1.67 bits per heavy atom. The van der Waals surface area contributed by atoms with Gasteiger partial charge in [-0.15, -0.1) is 0 Å². The van der Waals surface area contributed by atoms with E-state index >= 15 is 0 Å². The molecule has 0 aliphatic carbocycles. The number of ether oxygens (including phenoxy) is 1. The van der Waals surface area contributed by atoms with E-state index in [9.17, 15) is 0 Å². The summed E-state index contributed by atoms with van der Waals surface area (Å²) in [5, 5.41) is 0. The molecule has 0 aromatic rings. The minimum Gasteiger partial charge on any atom is -0.378 e. The van der Waals surface area contributed by atoms with Gasteiger partial charge in [-0.1, -0.05) is 24.3 Å². The van der Waals surface area contributed by atoms with Crippen molar-refractivity contribution in [3.63, 3.8) is 0 Å². The van der Waals surface area contributed by atoms with Crippen molar-refractivity contribution < 1.29 is 4.74 Å². The molecule has 0 saturated carbocycles. The summed E-state index contributed by atoms with van der Waals surface area (Å²) in [5.74, 6) is 0. The largest absolute Gasteiger partial charge is 0.378 e. The lowest BCUT2D eigenvalue weighted by molar-refractivity contribution is 0.177. The van der Waals surface area contributed by atoms with Gasteiger partial charge in [0.15, 0.2) is 0 Å². The Balaban J connectivity index is 3.15. The maximum Gasteiger partial charge on any atom is 0.0650 e. The van der Waals surface area contributed by atoms with Gasteiger partial charge >= 0.3 is 0 Å². The fourth-order valence-corrected chi connectivity index (χ4v) is 0.435. The zero-order valence-corrected chi connectivity index (χ0v) is 6.18. The van der Waals surface area contributed by atoms with E-state index in [2.05, 4.69) is 6.58 Å². The Kier molecular flexibility index (Phi) is 5.23. The van der Waals surface area contributed by atoms with Gasteiger partial charge in [-0.2, -0.15) is 0 Å². The minimum atomic E-state index is 0.698. The van der Waals surface area contributed by atoms with Crippen LogP contribution in [0.25, 0.3) is 0 Å². The highest BCUT2D eigenvalue weighted by Gasteiger charge is 1.75. The number of hydrogen-bond acceptors (Lipinski definition) is 1. The van der Waals surface area contributed by atoms with Gasteiger partial charge < -0.3 is 4.74 Å². The predicted octanol–water partition coefficient (Wildman–Crippen LogP) is 2.16. The van der Waals surface area contributed by atoms with E-state index in [-0.39, 0.29) is 0 Å². The van der Waals surface area contributed by atoms with Crippen LogP contribution in [0, 0.1) is 0 Å². The Hall–Kier alpha value is -0.560. The van der Waals surface area contributed by atoms with Crippen LogP contribution >= 0.6 is 0 Å². The predicted molar refractivity (Wildman–Crippen MR) is 40.4 cm³/mol. The van der Waals surface area contributed by atoms with Crippen LogP contribution in [-0.2, 0) is 4.74 Å². The molecule has 52 valence electrons. The van der Waals surface area contributed by atoms with Gasteiger partial charge in [0.25, 0.3) is 0 Å². The van der Waals surface area contributed by atoms with Gasteiger partial charge in [0, 0.05) is 6.61 Å². The molecule has 1 nitrogen and oxygen atoms in total. The molecule has 0 N–H and O–H groups in total. The van der Waals surface area contributed by atoms with Gasteiger partial charge in [0.05, 0.1) is 6.61 Å². The second-order valence-corrected chi connectivity index (χ2v) is 1.91. The van der Waals surface area contributed by atoms with Crippen molar-refractivity contribution in [3.05, 3.63) is 24.3 Å². The van der Waals surface area contributed by atoms with E-state index in [4.69, 9.17) is 4.74 Å². The van der Waals surface area contributed by atoms with Crippen LogP contribution < -0.4 is 0 Å². The van der Waals surface area contributed by atoms with Crippen molar-refractivity contribution in [2.45, 2.75) is 13.8 Å². The van der Waals surface area contributed by atoms with E-state index in [0.29, 0.717) is 6.61 Å². The van der Waals surface area contributed by atoms with Gasteiger partial charge in [0.1, 0.15) is 0 Å². The summed E-state index contributed by atoms with van der Waals surface area (Å²) in [4.78, 5) is 0. The van der Waals surface area contributed by atoms with E-state index < -0.39 is 0 Å². The molecule has 0 unspecified atom stereocenters. The number of hydrogen-bond donors (Lipinski definition) is 0. The van der Waals surface area contributed by atoms with Gasteiger partial charge in [-0.25, -0.2) is 0 Å². The fourth-order valence-electron chi connectivity index (χ4n) is 0.435. The highest BCUT2D eigenvalue weighted by atomic mass is 16.5. The third kappa shape index (κ3) is 7.44. The van der Waals surface area contributed by atoms with Crippen molar-refractivity contribution in [1.29, 1.82) is 0 Å². The van der Waals surface area contributed by atoms with Crippen LogP contribution in [0.15, 0.2) is 24.3 Å². The highest BCUT2D eigenvalue weighted by Crippen LogP contribution is 1.88. The molecule has 0 aliphatic rings. The van der Waals surface area contributed by atoms with Crippen LogP contribution in [0.2, 0.25) is 0 Å². The second kappa shape index (κ2) is 5.57. The molecule has 0 spiro atoms. The lowest BCUT2D eigenvalue weighted by Gasteiger charge is -1.91. The summed E-state index contributed by atoms with van der Waals surface area (Å²) >= 11 is 0. The first kappa shape index (κ1) is 8.44. The summed E-state index contributed by atoms with van der Waals surface area (Å²) in [6.45, 7) is 9.13. The summed E-state index contributed by atoms with van der Waals surface area (Å²) in [5.41, 5.74) is 1.06. The quantitative estimate of drug-likeness (QED) is 0.414. The van der Waals surface area contributed by atoms with Crippen molar-refractivity contribution in [3.8, 4) is 0 Å². The summed E-state index contributed by atoms with van der Waals surface area (Å²) in [7, 11) is 0. The second-order valence-electron chi connectivity index (χ2n) is 1.91. The van der Waals surface area contributed by atoms with Gasteiger partial charge in [-0.05, 0) is 13.8 Å². The third-order valence-corrected chi connectivity index (χ3v) is 0.821. The molecule has 0 saturated heterocycles. The fraction of sp³-hybridized carbons (Fsp3) is 0.500. The Bertz CT molecular complexity index is 103. The number of allylic oxidation sites excluding steroid dienone is 2. The van der Waals surface area contributed by atoms with Crippen molar-refractivity contribution in [1.82, 2.24) is 0 Å². The molecule has 9 heavy (non-hydrogen) atoms. The monoisotopic (exact) mass is 126 g/mol. The molecule has 0 heterocycles. The first-order chi connectivity index (χ1) is 4.27. The third-order valence-electron chi connectivity index (χ3n) is 0.821. The zero-order chi connectivity index (χ0) is 7.11. The average Bonchev–Trinajstić information content (AvgIpc) is 1.80. The maximum atomic E-state index is 5.06. The molecule has 0 aliphatic heterocycles. The lowest BCUT2D eigenvalue weighted by Crippen LogP contribution is -1.87. The van der Waals surface area contributed by atoms with Crippen molar-refractivity contribution in [2.75, 3.05) is 13.2 Å². The molecule has 0 bridgehead atoms. The maximum absolute atomic E-state index is 5.06. The topological polar surface area (TPSA) is 9.23 Å². The number of rotatable bonds is 4. The Morgan fingerprint density at radius 2 is 2.33 bits per heavy atom. The summed E-state index contributed by atoms with van der Waals surface area (Å²) < 4.78 is 5.06. The van der Waals surface area contributed by atoms with Gasteiger partial charge in [0.2, 0.25) is 0 Å². The Labute approximate surface area is 57.0 Å². The van der Waals surface area contributed by atoms with Crippen LogP contribution in [0.3, 0.4) is 0 Å². The van der Waals surface area contributed by atoms with E-state index in [1.54, 1.807) is 0 Å². The minimum absolute atomic E-state index is 0.698. The molecule has 1 heteroatoms. The normalized spacial score (nSPS) is 10.4. The SMILES string of the molecule is C=C(C)/C=C/COCC. The average molecular weight is 126 g/mol. The molecular formula is C8H14O. The highest BCUT2D eigenvalue weighted by molar-refractivity contribution is 5.10. The van der Waals surface area contributed by atoms with Gasteiger partial charge in [-0.3, -0.25) is 0 Å². The molecule has 0 amide bonds. The molecular weight excluding hydrogens is 112 g/mol. The van der Waals surface area contributed by atoms with E-state index in [0.717, 1.165) is 12.2 Å². The van der Waals surface area contributed by atoms with Crippen LogP contribution in [0.4, 0.5) is 0 Å². The molecule has 0 fully saturated rings. The molecule has 0 rings (SSSR count). The zero-order valence-electron chi connectivity index (χ0n) is 6.18. The van der Waals surface area contributed by atoms with Crippen LogP contribution in [-0.4, -0.2) is 13.2 Å². The van der Waals surface area contributed by atoms with Crippen LogP contribution in [0.5, 0.6) is 0 Å². The van der Waals surface area contributed by atoms with Crippen LogP contribution in [0.1, 0.15) is 13.8 Å². The van der Waals surface area contributed by atoms with E-state index in [1.165, 1.54) is 0 Å². The molecule has 0 atom stereocenters. The first-order valence-corrected chi connectivity index (χ1v) is 3.17. The van der Waals surface area contributed by atoms with Crippen molar-refractivity contribution in [2.24, 2.45) is 0 Å². The Morgan fingerprint density at radius 3 is 2.78 bits per heavy atom. The molecule has 0 aromatic carbocycles. The molecule has 0 aromatic heterocycles. The van der Waals surface area contributed by atoms with E-state index in [1.807, 2.05) is 26.0 Å². The summed E-state index contributed by atoms with van der Waals surface area (Å²) in [6, 6.07) is 0.